The monoisotopic (exact) mass is 409 g/mol. The van der Waals surface area contributed by atoms with E-state index in [2.05, 4.69) is 10.4 Å². The molecule has 9 nitrogen and oxygen atoms in total. The quantitative estimate of drug-likeness (QED) is 0.575. The number of amides is 3. The predicted octanol–water partition coefficient (Wildman–Crippen LogP) is -0.0549. The molecule has 3 rings (SSSR count). The van der Waals surface area contributed by atoms with E-state index in [9.17, 15) is 23.9 Å². The van der Waals surface area contributed by atoms with E-state index in [0.717, 1.165) is 6.07 Å². The van der Waals surface area contributed by atoms with Crippen molar-refractivity contribution in [2.75, 3.05) is 11.4 Å². The van der Waals surface area contributed by atoms with Crippen LogP contribution in [0.15, 0.2) is 30.6 Å². The Morgan fingerprint density at radius 3 is 2.82 bits per heavy atom. The summed E-state index contributed by atoms with van der Waals surface area (Å²) in [5.41, 5.74) is 3.54. The van der Waals surface area contributed by atoms with Crippen LogP contribution in [0, 0.1) is 5.82 Å². The van der Waals surface area contributed by atoms with Gasteiger partial charge < -0.3 is 21.1 Å². The van der Waals surface area contributed by atoms with Gasteiger partial charge >= 0.3 is 0 Å². The van der Waals surface area contributed by atoms with Crippen LogP contribution in [0.3, 0.4) is 0 Å². The van der Waals surface area contributed by atoms with Gasteiger partial charge in [0.2, 0.25) is 11.5 Å². The van der Waals surface area contributed by atoms with Gasteiger partial charge in [-0.15, -0.1) is 0 Å². The molecule has 3 amide bonds. The van der Waals surface area contributed by atoms with Crippen molar-refractivity contribution < 1.29 is 23.9 Å². The fourth-order valence-electron chi connectivity index (χ4n) is 2.94. The second kappa shape index (κ2) is 7.56. The van der Waals surface area contributed by atoms with Crippen molar-refractivity contribution in [2.24, 2.45) is 5.73 Å². The van der Waals surface area contributed by atoms with Crippen molar-refractivity contribution in [2.45, 2.75) is 25.1 Å². The lowest BCUT2D eigenvalue weighted by Crippen LogP contribution is -2.52. The van der Waals surface area contributed by atoms with Gasteiger partial charge in [-0.05, 0) is 23.8 Å². The molecule has 1 aliphatic rings. The molecule has 2 heterocycles. The summed E-state index contributed by atoms with van der Waals surface area (Å²) >= 11 is 5.76. The van der Waals surface area contributed by atoms with E-state index >= 15 is 0 Å². The summed E-state index contributed by atoms with van der Waals surface area (Å²) in [6, 6.07) is 3.77. The molecular weight excluding hydrogens is 393 g/mol. The number of nitrogens with one attached hydrogen (secondary N) is 1. The standard InChI is InChI=1S/C17H17ClFN5O4/c18-11-3-10(4-12(19)5-11)6-21-15(26)17(28)1-2-24(16(17)27)13-7-22-23(8-13)9-14(20)25/h3-5,7-8,28H,1-2,6,9H2,(H2,20,25)(H,21,26). The van der Waals surface area contributed by atoms with Crippen molar-refractivity contribution in [1.82, 2.24) is 15.1 Å². The lowest BCUT2D eigenvalue weighted by atomic mass is 10.0. The Bertz CT molecular complexity index is 929. The average Bonchev–Trinajstić information content (AvgIpc) is 3.17. The van der Waals surface area contributed by atoms with Crippen molar-refractivity contribution in [3.63, 3.8) is 0 Å². The van der Waals surface area contributed by atoms with Crippen molar-refractivity contribution in [3.8, 4) is 0 Å². The summed E-state index contributed by atoms with van der Waals surface area (Å²) in [6.45, 7) is -0.192. The summed E-state index contributed by atoms with van der Waals surface area (Å²) in [6.07, 6.45) is 2.61. The van der Waals surface area contributed by atoms with Crippen LogP contribution in [0.2, 0.25) is 5.02 Å². The molecular formula is C17H17ClFN5O4. The zero-order valence-electron chi connectivity index (χ0n) is 14.6. The molecule has 0 radical (unpaired) electrons. The minimum atomic E-state index is -2.26. The highest BCUT2D eigenvalue weighted by Crippen LogP contribution is 2.28. The van der Waals surface area contributed by atoms with Crippen LogP contribution in [0.1, 0.15) is 12.0 Å². The Labute approximate surface area is 163 Å². The number of benzene rings is 1. The normalized spacial score (nSPS) is 19.1. The van der Waals surface area contributed by atoms with Crippen LogP contribution >= 0.6 is 11.6 Å². The molecule has 0 saturated carbocycles. The fraction of sp³-hybridized carbons (Fsp3) is 0.294. The number of halogens is 2. The van der Waals surface area contributed by atoms with Crippen LogP contribution < -0.4 is 16.0 Å². The van der Waals surface area contributed by atoms with Gasteiger partial charge in [0.15, 0.2) is 0 Å². The number of nitrogens with zero attached hydrogens (tertiary/aromatic N) is 3. The smallest absolute Gasteiger partial charge is 0.268 e. The SMILES string of the molecule is NC(=O)Cn1cc(N2CCC(O)(C(=O)NCc3cc(F)cc(Cl)c3)C2=O)cn1. The summed E-state index contributed by atoms with van der Waals surface area (Å²) in [4.78, 5) is 37.2. The topological polar surface area (TPSA) is 131 Å². The van der Waals surface area contributed by atoms with Gasteiger partial charge in [-0.2, -0.15) is 5.10 Å². The molecule has 1 fully saturated rings. The maximum atomic E-state index is 13.4. The summed E-state index contributed by atoms with van der Waals surface area (Å²) < 4.78 is 14.6. The number of anilines is 1. The lowest BCUT2D eigenvalue weighted by molar-refractivity contribution is -0.149. The number of nitrogens with two attached hydrogens (primary N) is 1. The van der Waals surface area contributed by atoms with Crippen molar-refractivity contribution >= 4 is 35.0 Å². The largest absolute Gasteiger partial charge is 0.372 e. The Morgan fingerprint density at radius 2 is 2.14 bits per heavy atom. The molecule has 1 saturated heterocycles. The zero-order valence-corrected chi connectivity index (χ0v) is 15.3. The van der Waals surface area contributed by atoms with Gasteiger partial charge in [-0.1, -0.05) is 11.6 Å². The number of carbonyl (C=O) groups excluding carboxylic acids is 3. The number of primary amides is 1. The molecule has 2 aromatic rings. The van der Waals surface area contributed by atoms with Crippen molar-refractivity contribution in [3.05, 3.63) is 47.0 Å². The Balaban J connectivity index is 1.68. The van der Waals surface area contributed by atoms with Crippen LogP contribution in [0.4, 0.5) is 10.1 Å². The molecule has 148 valence electrons. The minimum Gasteiger partial charge on any atom is -0.372 e. The number of aliphatic hydroxyl groups is 1. The maximum absolute atomic E-state index is 13.4. The molecule has 28 heavy (non-hydrogen) atoms. The van der Waals surface area contributed by atoms with Crippen molar-refractivity contribution in [1.29, 1.82) is 0 Å². The molecule has 1 aromatic carbocycles. The zero-order chi connectivity index (χ0) is 20.5. The van der Waals surface area contributed by atoms with Crippen LogP contribution in [0.25, 0.3) is 0 Å². The van der Waals surface area contributed by atoms with Gasteiger partial charge in [-0.25, -0.2) is 4.39 Å². The van der Waals surface area contributed by atoms with Crippen LogP contribution in [-0.4, -0.2) is 44.8 Å². The van der Waals surface area contributed by atoms with E-state index in [1.165, 1.54) is 34.1 Å². The Kier molecular flexibility index (Phi) is 5.34. The third-order valence-electron chi connectivity index (χ3n) is 4.30. The maximum Gasteiger partial charge on any atom is 0.268 e. The summed E-state index contributed by atoms with van der Waals surface area (Å²) in [5, 5.41) is 17.1. The summed E-state index contributed by atoms with van der Waals surface area (Å²) in [5.74, 6) is -2.88. The molecule has 4 N–H and O–H groups in total. The number of hydrogen-bond acceptors (Lipinski definition) is 5. The lowest BCUT2D eigenvalue weighted by Gasteiger charge is -2.21. The van der Waals surface area contributed by atoms with E-state index in [1.807, 2.05) is 0 Å². The Hall–Kier alpha value is -2.98. The van der Waals surface area contributed by atoms with E-state index < -0.39 is 29.1 Å². The molecule has 1 atom stereocenters. The van der Waals surface area contributed by atoms with Gasteiger partial charge in [-0.3, -0.25) is 19.1 Å². The van der Waals surface area contributed by atoms with E-state index in [0.29, 0.717) is 11.3 Å². The van der Waals surface area contributed by atoms with Gasteiger partial charge in [0, 0.05) is 30.7 Å². The number of carbonyl (C=O) groups is 3. The van der Waals surface area contributed by atoms with E-state index in [-0.39, 0.29) is 31.1 Å². The highest BCUT2D eigenvalue weighted by Gasteiger charge is 2.51. The number of aromatic nitrogens is 2. The molecule has 0 aliphatic carbocycles. The second-order valence-electron chi connectivity index (χ2n) is 6.39. The number of hydrogen-bond donors (Lipinski definition) is 3. The van der Waals surface area contributed by atoms with E-state index in [1.54, 1.807) is 0 Å². The van der Waals surface area contributed by atoms with E-state index in [4.69, 9.17) is 17.3 Å². The van der Waals surface area contributed by atoms with Crippen LogP contribution in [0.5, 0.6) is 0 Å². The number of rotatable bonds is 6. The van der Waals surface area contributed by atoms with Gasteiger partial charge in [0.1, 0.15) is 12.4 Å². The Morgan fingerprint density at radius 1 is 1.39 bits per heavy atom. The molecule has 11 heteroatoms. The highest BCUT2D eigenvalue weighted by molar-refractivity contribution is 6.30. The first-order chi connectivity index (χ1) is 13.2. The molecule has 0 bridgehead atoms. The summed E-state index contributed by atoms with van der Waals surface area (Å²) in [7, 11) is 0. The average molecular weight is 410 g/mol. The third kappa shape index (κ3) is 3.97. The van der Waals surface area contributed by atoms with Gasteiger partial charge in [0.05, 0.1) is 11.9 Å². The van der Waals surface area contributed by atoms with Crippen LogP contribution in [-0.2, 0) is 27.5 Å². The predicted molar refractivity (Wildman–Crippen MR) is 96.6 cm³/mol. The highest BCUT2D eigenvalue weighted by atomic mass is 35.5. The molecule has 1 unspecified atom stereocenters. The fourth-order valence-corrected chi connectivity index (χ4v) is 3.19. The second-order valence-corrected chi connectivity index (χ2v) is 6.83. The first-order valence-electron chi connectivity index (χ1n) is 8.27. The third-order valence-corrected chi connectivity index (χ3v) is 4.51. The first kappa shape index (κ1) is 19.8. The minimum absolute atomic E-state index is 0.0802. The molecule has 0 spiro atoms. The first-order valence-corrected chi connectivity index (χ1v) is 8.65. The molecule has 1 aliphatic heterocycles. The van der Waals surface area contributed by atoms with Gasteiger partial charge in [0.25, 0.3) is 11.8 Å². The molecule has 1 aromatic heterocycles.